The average Bonchev–Trinajstić information content (AvgIpc) is 2.97. The molecule has 0 saturated heterocycles. The fraction of sp³-hybridized carbons (Fsp3) is 0.474. The highest BCUT2D eigenvalue weighted by Gasteiger charge is 2.32. The molecular weight excluding hydrogens is 357 g/mol. The molecule has 3 rings (SSSR count). The second kappa shape index (κ2) is 8.12. The van der Waals surface area contributed by atoms with Crippen molar-refractivity contribution < 1.29 is 18.0 Å². The molecule has 1 aliphatic carbocycles. The lowest BCUT2D eigenvalue weighted by Crippen LogP contribution is -2.40. The van der Waals surface area contributed by atoms with Gasteiger partial charge in [0.15, 0.2) is 5.69 Å². The van der Waals surface area contributed by atoms with Gasteiger partial charge >= 0.3 is 6.18 Å². The van der Waals surface area contributed by atoms with E-state index in [1.807, 2.05) is 30.3 Å². The summed E-state index contributed by atoms with van der Waals surface area (Å²) in [4.78, 5) is 12.6. The third kappa shape index (κ3) is 5.09. The van der Waals surface area contributed by atoms with Gasteiger partial charge in [0.1, 0.15) is 0 Å². The summed E-state index contributed by atoms with van der Waals surface area (Å²) in [6, 6.07) is 9.50. The number of carbonyl (C=O) groups excluding carboxylic acids is 1. The number of aryl methyl sites for hydroxylation is 1. The number of alkyl halides is 3. The number of fused-ring (bicyclic) bond motifs is 1. The molecule has 1 aromatic heterocycles. The first-order valence-electron chi connectivity index (χ1n) is 9.00. The van der Waals surface area contributed by atoms with Crippen LogP contribution in [0.5, 0.6) is 0 Å². The van der Waals surface area contributed by atoms with Crippen molar-refractivity contribution in [3.63, 3.8) is 0 Å². The third-order valence-corrected chi connectivity index (χ3v) is 4.80. The smallest absolute Gasteiger partial charge is 0.350 e. The molecule has 1 aromatic carbocycles. The standard InChI is InChI=1S/C19H23F3N4O/c1-26-16-8-7-14(24-12-19(20,21)22)11-15(16)17(25-26)18(27)23-10-9-13-5-3-2-4-6-13/h2-6,14,24H,7-12H2,1H3,(H,23,27)/t14-/m0/s1. The second-order valence-electron chi connectivity index (χ2n) is 6.82. The first-order valence-corrected chi connectivity index (χ1v) is 9.00. The van der Waals surface area contributed by atoms with Gasteiger partial charge < -0.3 is 10.6 Å². The summed E-state index contributed by atoms with van der Waals surface area (Å²) in [5, 5.41) is 9.73. The number of nitrogens with zero attached hydrogens (tertiary/aromatic N) is 2. The Balaban J connectivity index is 1.62. The maximum Gasteiger partial charge on any atom is 0.401 e. The summed E-state index contributed by atoms with van der Waals surface area (Å²) in [5.74, 6) is -0.278. The molecule has 1 atom stereocenters. The molecule has 2 aromatic rings. The molecule has 1 amide bonds. The first kappa shape index (κ1) is 19.4. The van der Waals surface area contributed by atoms with Crippen molar-refractivity contribution in [2.45, 2.75) is 37.9 Å². The van der Waals surface area contributed by atoms with E-state index in [9.17, 15) is 18.0 Å². The highest BCUT2D eigenvalue weighted by molar-refractivity contribution is 5.94. The van der Waals surface area contributed by atoms with E-state index in [4.69, 9.17) is 0 Å². The molecule has 0 fully saturated rings. The molecule has 0 unspecified atom stereocenters. The van der Waals surface area contributed by atoms with Crippen molar-refractivity contribution in [2.24, 2.45) is 7.05 Å². The van der Waals surface area contributed by atoms with Gasteiger partial charge in [0.25, 0.3) is 5.91 Å². The molecule has 2 N–H and O–H groups in total. The Morgan fingerprint density at radius 3 is 2.74 bits per heavy atom. The molecule has 0 aliphatic heterocycles. The van der Waals surface area contributed by atoms with Gasteiger partial charge in [-0.2, -0.15) is 18.3 Å². The van der Waals surface area contributed by atoms with E-state index >= 15 is 0 Å². The molecule has 5 nitrogen and oxygen atoms in total. The molecule has 27 heavy (non-hydrogen) atoms. The van der Waals surface area contributed by atoms with Crippen LogP contribution in [0.4, 0.5) is 13.2 Å². The maximum absolute atomic E-state index is 12.6. The van der Waals surface area contributed by atoms with Crippen LogP contribution in [0.1, 0.15) is 33.7 Å². The van der Waals surface area contributed by atoms with Crippen molar-refractivity contribution in [1.82, 2.24) is 20.4 Å². The highest BCUT2D eigenvalue weighted by Crippen LogP contribution is 2.25. The SMILES string of the molecule is Cn1nc(C(=O)NCCc2ccccc2)c2c1CC[C@H](NCC(F)(F)F)C2. The zero-order valence-electron chi connectivity index (χ0n) is 15.1. The molecule has 1 heterocycles. The lowest BCUT2D eigenvalue weighted by Gasteiger charge is -2.24. The van der Waals surface area contributed by atoms with Crippen LogP contribution in [0.25, 0.3) is 0 Å². The van der Waals surface area contributed by atoms with Gasteiger partial charge in [0.2, 0.25) is 0 Å². The quantitative estimate of drug-likeness (QED) is 0.809. The molecule has 0 radical (unpaired) electrons. The van der Waals surface area contributed by atoms with E-state index in [1.165, 1.54) is 0 Å². The van der Waals surface area contributed by atoms with E-state index in [0.29, 0.717) is 37.9 Å². The topological polar surface area (TPSA) is 59.0 Å². The number of halogens is 3. The van der Waals surface area contributed by atoms with E-state index in [2.05, 4.69) is 15.7 Å². The number of hydrogen-bond donors (Lipinski definition) is 2. The number of carbonyl (C=O) groups is 1. The van der Waals surface area contributed by atoms with Crippen molar-refractivity contribution in [3.8, 4) is 0 Å². The average molecular weight is 380 g/mol. The van der Waals surface area contributed by atoms with E-state index in [-0.39, 0.29) is 11.9 Å². The molecule has 146 valence electrons. The van der Waals surface area contributed by atoms with Crippen molar-refractivity contribution >= 4 is 5.91 Å². The third-order valence-electron chi connectivity index (χ3n) is 4.80. The summed E-state index contributed by atoms with van der Waals surface area (Å²) in [6.45, 7) is -0.546. The van der Waals surface area contributed by atoms with Crippen molar-refractivity contribution in [2.75, 3.05) is 13.1 Å². The van der Waals surface area contributed by atoms with E-state index in [1.54, 1.807) is 11.7 Å². The van der Waals surface area contributed by atoms with Crippen LogP contribution >= 0.6 is 0 Å². The van der Waals surface area contributed by atoms with Gasteiger partial charge in [-0.25, -0.2) is 0 Å². The zero-order valence-corrected chi connectivity index (χ0v) is 15.1. The largest absolute Gasteiger partial charge is 0.401 e. The Bertz CT molecular complexity index is 786. The molecule has 1 aliphatic rings. The van der Waals surface area contributed by atoms with Crippen LogP contribution < -0.4 is 10.6 Å². The number of benzene rings is 1. The fourth-order valence-electron chi connectivity index (χ4n) is 3.45. The number of aromatic nitrogens is 2. The van der Waals surface area contributed by atoms with Gasteiger partial charge in [-0.3, -0.25) is 9.48 Å². The molecule has 0 saturated carbocycles. The number of rotatable bonds is 6. The van der Waals surface area contributed by atoms with Crippen molar-refractivity contribution in [1.29, 1.82) is 0 Å². The van der Waals surface area contributed by atoms with Gasteiger partial charge in [-0.1, -0.05) is 30.3 Å². The number of hydrogen-bond acceptors (Lipinski definition) is 3. The molecule has 0 bridgehead atoms. The van der Waals surface area contributed by atoms with Crippen LogP contribution in [0.2, 0.25) is 0 Å². The lowest BCUT2D eigenvalue weighted by molar-refractivity contribution is -0.126. The van der Waals surface area contributed by atoms with Gasteiger partial charge in [0, 0.05) is 30.9 Å². The minimum absolute atomic E-state index is 0.278. The summed E-state index contributed by atoms with van der Waals surface area (Å²) in [7, 11) is 1.77. The van der Waals surface area contributed by atoms with Crippen molar-refractivity contribution in [3.05, 3.63) is 52.8 Å². The van der Waals surface area contributed by atoms with Gasteiger partial charge in [-0.05, 0) is 31.2 Å². The minimum atomic E-state index is -4.24. The predicted octanol–water partition coefficient (Wildman–Crippen LogP) is 2.40. The Kier molecular flexibility index (Phi) is 5.84. The fourth-order valence-corrected chi connectivity index (χ4v) is 3.45. The normalized spacial score (nSPS) is 16.8. The lowest BCUT2D eigenvalue weighted by atomic mass is 9.91. The first-order chi connectivity index (χ1) is 12.8. The Morgan fingerprint density at radius 2 is 2.04 bits per heavy atom. The van der Waals surface area contributed by atoms with Crippen LogP contribution in [0, 0.1) is 0 Å². The monoisotopic (exact) mass is 380 g/mol. The summed E-state index contributed by atoms with van der Waals surface area (Å²) in [5.41, 5.74) is 3.12. The van der Waals surface area contributed by atoms with E-state index in [0.717, 1.165) is 16.8 Å². The summed E-state index contributed by atoms with van der Waals surface area (Å²) in [6.07, 6.45) is -1.96. The number of amides is 1. The highest BCUT2D eigenvalue weighted by atomic mass is 19.4. The summed E-state index contributed by atoms with van der Waals surface area (Å²) < 4.78 is 39.0. The summed E-state index contributed by atoms with van der Waals surface area (Å²) >= 11 is 0. The molecular formula is C19H23F3N4O. The van der Waals surface area contributed by atoms with Gasteiger partial charge in [0.05, 0.1) is 6.54 Å². The van der Waals surface area contributed by atoms with Crippen LogP contribution in [0.3, 0.4) is 0 Å². The van der Waals surface area contributed by atoms with E-state index < -0.39 is 12.7 Å². The van der Waals surface area contributed by atoms with Crippen LogP contribution in [0.15, 0.2) is 30.3 Å². The van der Waals surface area contributed by atoms with Crippen LogP contribution in [-0.4, -0.2) is 41.0 Å². The van der Waals surface area contributed by atoms with Crippen LogP contribution in [-0.2, 0) is 26.3 Å². The Morgan fingerprint density at radius 1 is 1.30 bits per heavy atom. The Labute approximate surface area is 155 Å². The molecule has 8 heteroatoms. The Hall–Kier alpha value is -2.35. The number of nitrogens with one attached hydrogen (secondary N) is 2. The zero-order chi connectivity index (χ0) is 19.4. The molecule has 0 spiro atoms. The maximum atomic E-state index is 12.6. The predicted molar refractivity (Wildman–Crippen MR) is 95.6 cm³/mol. The van der Waals surface area contributed by atoms with Gasteiger partial charge in [-0.15, -0.1) is 0 Å². The minimum Gasteiger partial charge on any atom is -0.350 e. The second-order valence-corrected chi connectivity index (χ2v) is 6.82.